The third kappa shape index (κ3) is 5.29. The highest BCUT2D eigenvalue weighted by Gasteiger charge is 2.10. The fraction of sp³-hybridized carbons (Fsp3) is 0.500. The van der Waals surface area contributed by atoms with Gasteiger partial charge < -0.3 is 14.8 Å². The normalized spacial score (nSPS) is 10.7. The van der Waals surface area contributed by atoms with Crippen molar-refractivity contribution in [2.24, 2.45) is 0 Å². The Bertz CT molecular complexity index is 354. The molecule has 1 aromatic carbocycles. The van der Waals surface area contributed by atoms with Crippen LogP contribution in [-0.2, 0) is 4.74 Å². The second kappa shape index (κ2) is 8.39. The minimum absolute atomic E-state index is 0.0306. The zero-order chi connectivity index (χ0) is 13.4. The van der Waals surface area contributed by atoms with Crippen molar-refractivity contribution in [2.75, 3.05) is 32.9 Å². The Kier molecular flexibility index (Phi) is 7.15. The van der Waals surface area contributed by atoms with E-state index >= 15 is 0 Å². The van der Waals surface area contributed by atoms with E-state index in [0.29, 0.717) is 32.9 Å². The largest absolute Gasteiger partial charge is 0.488 e. The van der Waals surface area contributed by atoms with Gasteiger partial charge >= 0.3 is 0 Å². The Labute approximate surface area is 114 Å². The number of benzene rings is 1. The molecule has 0 aliphatic heterocycles. The summed E-state index contributed by atoms with van der Waals surface area (Å²) in [7, 11) is 0. The van der Waals surface area contributed by atoms with E-state index in [9.17, 15) is 8.78 Å². The zero-order valence-electron chi connectivity index (χ0n) is 10.1. The lowest BCUT2D eigenvalue weighted by atomic mass is 10.3. The molecule has 3 nitrogen and oxygen atoms in total. The van der Waals surface area contributed by atoms with Crippen molar-refractivity contribution < 1.29 is 18.3 Å². The quantitative estimate of drug-likeness (QED) is 0.746. The molecule has 0 atom stereocenters. The van der Waals surface area contributed by atoms with Crippen LogP contribution in [0.1, 0.15) is 6.92 Å². The van der Waals surface area contributed by atoms with Gasteiger partial charge in [-0.1, -0.05) is 0 Å². The van der Waals surface area contributed by atoms with E-state index < -0.39 is 11.6 Å². The third-order valence-electron chi connectivity index (χ3n) is 2.12. The molecule has 1 N–H and O–H groups in total. The van der Waals surface area contributed by atoms with Crippen molar-refractivity contribution in [1.82, 2.24) is 5.32 Å². The summed E-state index contributed by atoms with van der Waals surface area (Å²) in [5, 5.41) is 3.08. The van der Waals surface area contributed by atoms with Crippen LogP contribution in [-0.4, -0.2) is 32.9 Å². The van der Waals surface area contributed by atoms with E-state index in [-0.39, 0.29) is 10.2 Å². The molecule has 102 valence electrons. The average Bonchev–Trinajstić information content (AvgIpc) is 2.30. The van der Waals surface area contributed by atoms with Crippen LogP contribution < -0.4 is 10.1 Å². The van der Waals surface area contributed by atoms with Crippen molar-refractivity contribution in [3.05, 3.63) is 28.2 Å². The molecule has 1 aromatic rings. The minimum atomic E-state index is -0.712. The van der Waals surface area contributed by atoms with Crippen molar-refractivity contribution in [1.29, 1.82) is 0 Å². The second-order valence-electron chi connectivity index (χ2n) is 3.49. The summed E-state index contributed by atoms with van der Waals surface area (Å²) in [5.41, 5.74) is 0. The van der Waals surface area contributed by atoms with Crippen molar-refractivity contribution in [3.63, 3.8) is 0 Å². The zero-order valence-corrected chi connectivity index (χ0v) is 11.7. The number of hydrogen-bond acceptors (Lipinski definition) is 3. The maximum Gasteiger partial charge on any atom is 0.169 e. The van der Waals surface area contributed by atoms with E-state index in [1.54, 1.807) is 0 Å². The summed E-state index contributed by atoms with van der Waals surface area (Å²) in [5.74, 6) is -1.32. The van der Waals surface area contributed by atoms with E-state index in [1.165, 1.54) is 6.07 Å². The van der Waals surface area contributed by atoms with E-state index in [0.717, 1.165) is 6.07 Å². The predicted octanol–water partition coefficient (Wildman–Crippen LogP) is 2.73. The average molecular weight is 324 g/mol. The van der Waals surface area contributed by atoms with Gasteiger partial charge in [-0.25, -0.2) is 8.78 Å². The number of halogens is 3. The lowest BCUT2D eigenvalue weighted by Crippen LogP contribution is -2.25. The molecule has 0 saturated heterocycles. The number of rotatable bonds is 8. The molecule has 0 amide bonds. The van der Waals surface area contributed by atoms with Gasteiger partial charge in [0.2, 0.25) is 0 Å². The molecule has 1 rings (SSSR count). The van der Waals surface area contributed by atoms with E-state index in [1.807, 2.05) is 6.92 Å². The van der Waals surface area contributed by atoms with Gasteiger partial charge in [0.25, 0.3) is 0 Å². The highest BCUT2D eigenvalue weighted by molar-refractivity contribution is 9.10. The molecule has 0 aromatic heterocycles. The van der Waals surface area contributed by atoms with Gasteiger partial charge in [0.15, 0.2) is 11.6 Å². The summed E-state index contributed by atoms with van der Waals surface area (Å²) in [6.45, 7) is 4.82. The maximum absolute atomic E-state index is 13.4. The Morgan fingerprint density at radius 3 is 2.61 bits per heavy atom. The molecule has 0 bridgehead atoms. The third-order valence-corrected chi connectivity index (χ3v) is 2.70. The van der Waals surface area contributed by atoms with Crippen LogP contribution in [0.3, 0.4) is 0 Å². The van der Waals surface area contributed by atoms with Gasteiger partial charge in [-0.3, -0.25) is 0 Å². The first-order valence-corrected chi connectivity index (χ1v) is 6.50. The fourth-order valence-electron chi connectivity index (χ4n) is 1.31. The van der Waals surface area contributed by atoms with E-state index in [2.05, 4.69) is 21.2 Å². The van der Waals surface area contributed by atoms with Gasteiger partial charge in [-0.2, -0.15) is 0 Å². The molecule has 0 radical (unpaired) electrons. The molecule has 0 heterocycles. The lowest BCUT2D eigenvalue weighted by molar-refractivity contribution is 0.148. The van der Waals surface area contributed by atoms with Crippen LogP contribution in [0.2, 0.25) is 0 Å². The monoisotopic (exact) mass is 323 g/mol. The molecule has 0 aliphatic rings. The molecule has 0 fully saturated rings. The molecule has 0 saturated carbocycles. The molecule has 18 heavy (non-hydrogen) atoms. The highest BCUT2D eigenvalue weighted by Crippen LogP contribution is 2.28. The van der Waals surface area contributed by atoms with Crippen LogP contribution >= 0.6 is 15.9 Å². The Morgan fingerprint density at radius 2 is 1.94 bits per heavy atom. The summed E-state index contributed by atoms with van der Waals surface area (Å²) >= 11 is 3.06. The number of nitrogens with one attached hydrogen (secondary N) is 1. The van der Waals surface area contributed by atoms with Crippen LogP contribution in [0.25, 0.3) is 0 Å². The number of hydrogen-bond donors (Lipinski definition) is 1. The Morgan fingerprint density at radius 1 is 1.22 bits per heavy atom. The van der Waals surface area contributed by atoms with Crippen molar-refractivity contribution in [3.8, 4) is 5.75 Å². The van der Waals surface area contributed by atoms with Gasteiger partial charge in [-0.05, 0) is 28.9 Å². The van der Waals surface area contributed by atoms with Gasteiger partial charge in [-0.15, -0.1) is 0 Å². The highest BCUT2D eigenvalue weighted by atomic mass is 79.9. The first-order valence-electron chi connectivity index (χ1n) is 5.71. The molecule has 0 aliphatic carbocycles. The molecule has 6 heteroatoms. The SMILES string of the molecule is CCOCCNCCOc1c(F)cc(F)cc1Br. The standard InChI is InChI=1S/C12H16BrF2NO2/c1-2-17-5-3-16-4-6-18-12-10(13)7-9(14)8-11(12)15/h7-8,16H,2-6H2,1H3. The summed E-state index contributed by atoms with van der Waals surface area (Å²) in [6.07, 6.45) is 0. The molecular weight excluding hydrogens is 308 g/mol. The molecule has 0 unspecified atom stereocenters. The van der Waals surface area contributed by atoms with Crippen LogP contribution in [0.15, 0.2) is 16.6 Å². The fourth-order valence-corrected chi connectivity index (χ4v) is 1.83. The van der Waals surface area contributed by atoms with Crippen molar-refractivity contribution in [2.45, 2.75) is 6.92 Å². The smallest absolute Gasteiger partial charge is 0.169 e. The first kappa shape index (κ1) is 15.3. The van der Waals surface area contributed by atoms with E-state index in [4.69, 9.17) is 9.47 Å². The molecule has 0 spiro atoms. The van der Waals surface area contributed by atoms with Crippen LogP contribution in [0, 0.1) is 11.6 Å². The summed E-state index contributed by atoms with van der Waals surface area (Å²) in [4.78, 5) is 0. The Balaban J connectivity index is 2.27. The topological polar surface area (TPSA) is 30.5 Å². The Hall–Kier alpha value is -0.720. The van der Waals surface area contributed by atoms with Crippen LogP contribution in [0.5, 0.6) is 5.75 Å². The van der Waals surface area contributed by atoms with Gasteiger partial charge in [0, 0.05) is 25.8 Å². The van der Waals surface area contributed by atoms with Crippen molar-refractivity contribution >= 4 is 15.9 Å². The van der Waals surface area contributed by atoms with Gasteiger partial charge in [0.05, 0.1) is 11.1 Å². The lowest BCUT2D eigenvalue weighted by Gasteiger charge is -2.10. The van der Waals surface area contributed by atoms with Gasteiger partial charge in [0.1, 0.15) is 12.4 Å². The second-order valence-corrected chi connectivity index (χ2v) is 4.35. The summed E-state index contributed by atoms with van der Waals surface area (Å²) < 4.78 is 36.8. The summed E-state index contributed by atoms with van der Waals surface area (Å²) in [6, 6.07) is 1.96. The number of ether oxygens (including phenoxy) is 2. The minimum Gasteiger partial charge on any atom is -0.488 e. The molecular formula is C12H16BrF2NO2. The maximum atomic E-state index is 13.4. The van der Waals surface area contributed by atoms with Crippen LogP contribution in [0.4, 0.5) is 8.78 Å². The first-order chi connectivity index (χ1) is 8.65. The predicted molar refractivity (Wildman–Crippen MR) is 68.9 cm³/mol.